The third kappa shape index (κ3) is 13.0. The van der Waals surface area contributed by atoms with Gasteiger partial charge in [-0.05, 0) is 0 Å². The van der Waals surface area contributed by atoms with E-state index in [0.29, 0.717) is 0 Å². The second-order valence-corrected chi connectivity index (χ2v) is 18.1. The molecule has 0 aliphatic carbocycles. The Balaban J connectivity index is -0.000000249. The number of hydrogen-bond acceptors (Lipinski definition) is 0. The summed E-state index contributed by atoms with van der Waals surface area (Å²) in [6.45, 7) is 12.8. The number of halogens is 2. The van der Waals surface area contributed by atoms with Gasteiger partial charge in [0.15, 0.2) is 0 Å². The SMILES string of the molecule is Cc1cc(C)c(C)[cH-]1.Cc1cc(C)c(C)[cH-]1.[CH3][Ge]([CH3])=[Ti+2].[Cl-].[Cl-]. The minimum atomic E-state index is -0.333. The average Bonchev–Trinajstić information content (AvgIpc) is 2.70. The molecule has 0 aliphatic rings. The van der Waals surface area contributed by atoms with Gasteiger partial charge >= 0.3 is 40.1 Å². The molecular formula is C18H28Cl2GeTi-2. The first-order valence-corrected chi connectivity index (χ1v) is 16.4. The molecule has 0 aliphatic heterocycles. The van der Waals surface area contributed by atoms with Crippen molar-refractivity contribution in [2.24, 2.45) is 0 Å². The van der Waals surface area contributed by atoms with E-state index in [4.69, 9.17) is 0 Å². The van der Waals surface area contributed by atoms with Crippen molar-refractivity contribution in [2.45, 2.75) is 53.1 Å². The first-order valence-electron chi connectivity index (χ1n) is 7.06. The molecule has 0 aromatic heterocycles. The molecule has 0 spiro atoms. The summed E-state index contributed by atoms with van der Waals surface area (Å²) in [5.74, 6) is 4.67. The predicted molar refractivity (Wildman–Crippen MR) is 90.0 cm³/mol. The summed E-state index contributed by atoms with van der Waals surface area (Å²) in [6, 6.07) is 8.81. The van der Waals surface area contributed by atoms with E-state index in [9.17, 15) is 0 Å². The van der Waals surface area contributed by atoms with Crippen LogP contribution in [0.1, 0.15) is 33.4 Å². The van der Waals surface area contributed by atoms with Crippen molar-refractivity contribution in [2.75, 3.05) is 0 Å². The van der Waals surface area contributed by atoms with Crippen molar-refractivity contribution < 1.29 is 42.4 Å². The topological polar surface area (TPSA) is 0 Å². The smallest absolute Gasteiger partial charge is 1.00 e. The Morgan fingerprint density at radius 3 is 1.00 bits per heavy atom. The fourth-order valence-corrected chi connectivity index (χ4v) is 1.90. The van der Waals surface area contributed by atoms with Crippen molar-refractivity contribution in [1.82, 2.24) is 0 Å². The number of rotatable bonds is 0. The van der Waals surface area contributed by atoms with E-state index in [2.05, 4.69) is 94.9 Å². The summed E-state index contributed by atoms with van der Waals surface area (Å²) >= 11 is 2.33. The Hall–Kier alpha value is 0.537. The van der Waals surface area contributed by atoms with Gasteiger partial charge in [0.2, 0.25) is 0 Å². The fourth-order valence-electron chi connectivity index (χ4n) is 1.90. The van der Waals surface area contributed by atoms with Crippen molar-refractivity contribution >= 4 is 11.0 Å². The molecular weight excluding hydrogens is 408 g/mol. The molecule has 0 radical (unpaired) electrons. The summed E-state index contributed by atoms with van der Waals surface area (Å²) in [7, 11) is -0.333. The van der Waals surface area contributed by atoms with E-state index >= 15 is 0 Å². The molecule has 0 amide bonds. The summed E-state index contributed by atoms with van der Waals surface area (Å²) in [5.41, 5.74) is 8.37. The van der Waals surface area contributed by atoms with Crippen LogP contribution in [0.4, 0.5) is 0 Å². The monoisotopic (exact) mass is 436 g/mol. The van der Waals surface area contributed by atoms with Crippen LogP contribution in [-0.4, -0.2) is 11.0 Å². The maximum absolute atomic E-state index is 2.33. The van der Waals surface area contributed by atoms with Gasteiger partial charge < -0.3 is 24.8 Å². The van der Waals surface area contributed by atoms with Gasteiger partial charge in [-0.2, -0.15) is 45.5 Å². The Morgan fingerprint density at radius 2 is 0.955 bits per heavy atom. The average molecular weight is 436 g/mol. The molecule has 0 unspecified atom stereocenters. The van der Waals surface area contributed by atoms with E-state index in [1.54, 1.807) is 0 Å². The van der Waals surface area contributed by atoms with Crippen molar-refractivity contribution in [1.29, 1.82) is 0 Å². The molecule has 2 aromatic carbocycles. The first-order chi connectivity index (χ1) is 9.13. The molecule has 124 valence electrons. The summed E-state index contributed by atoms with van der Waals surface area (Å²) in [5, 5.41) is 0. The first kappa shape index (κ1) is 27.4. The summed E-state index contributed by atoms with van der Waals surface area (Å²) in [4.78, 5) is 0. The third-order valence-corrected chi connectivity index (χ3v) is 3.02. The van der Waals surface area contributed by atoms with E-state index in [1.807, 2.05) is 0 Å². The van der Waals surface area contributed by atoms with Gasteiger partial charge in [-0.15, -0.1) is 0 Å². The second kappa shape index (κ2) is 13.9. The minimum Gasteiger partial charge on any atom is -1.00 e. The van der Waals surface area contributed by atoms with Crippen LogP contribution in [0.2, 0.25) is 11.5 Å². The van der Waals surface area contributed by atoms with Gasteiger partial charge in [0, 0.05) is 0 Å². The molecule has 0 saturated heterocycles. The van der Waals surface area contributed by atoms with Gasteiger partial charge in [-0.3, -0.25) is 0 Å². The van der Waals surface area contributed by atoms with Crippen LogP contribution >= 0.6 is 0 Å². The molecule has 0 nitrogen and oxygen atoms in total. The molecule has 0 atom stereocenters. The zero-order valence-electron chi connectivity index (χ0n) is 15.1. The second-order valence-electron chi connectivity index (χ2n) is 5.80. The Labute approximate surface area is 163 Å². The maximum atomic E-state index is 2.33. The maximum Gasteiger partial charge on any atom is -1.00 e. The van der Waals surface area contributed by atoms with Crippen LogP contribution in [0.25, 0.3) is 0 Å². The molecule has 0 bridgehead atoms. The van der Waals surface area contributed by atoms with Crippen molar-refractivity contribution in [3.05, 3.63) is 57.6 Å². The van der Waals surface area contributed by atoms with Gasteiger partial charge in [0.1, 0.15) is 0 Å². The Kier molecular flexibility index (Phi) is 17.3. The molecule has 22 heavy (non-hydrogen) atoms. The van der Waals surface area contributed by atoms with Gasteiger partial charge in [-0.25, -0.2) is 12.1 Å². The van der Waals surface area contributed by atoms with E-state index in [1.165, 1.54) is 33.4 Å². The Bertz CT molecular complexity index is 466. The summed E-state index contributed by atoms with van der Waals surface area (Å²) < 4.78 is 0. The molecule has 0 saturated carbocycles. The van der Waals surface area contributed by atoms with Crippen LogP contribution in [0, 0.1) is 41.5 Å². The molecule has 0 heterocycles. The van der Waals surface area contributed by atoms with Gasteiger partial charge in [0.25, 0.3) is 0 Å². The van der Waals surface area contributed by atoms with Crippen LogP contribution < -0.4 is 24.8 Å². The fraction of sp³-hybridized carbons (Fsp3) is 0.444. The number of hydrogen-bond donors (Lipinski definition) is 0. The molecule has 0 N–H and O–H groups in total. The van der Waals surface area contributed by atoms with Crippen LogP contribution in [0.15, 0.2) is 24.3 Å². The molecule has 0 fully saturated rings. The normalized spacial score (nSPS) is 8.45. The number of aryl methyl sites for hydroxylation is 6. The van der Waals surface area contributed by atoms with Crippen molar-refractivity contribution in [3.8, 4) is 0 Å². The van der Waals surface area contributed by atoms with Crippen LogP contribution in [-0.2, 0) is 17.6 Å². The Morgan fingerprint density at radius 1 is 0.727 bits per heavy atom. The molecule has 2 rings (SSSR count). The molecule has 2 aromatic rings. The zero-order valence-corrected chi connectivity index (χ0v) is 20.2. The standard InChI is InChI=1S/2C8H11.C2H6Ge.2ClH.Ti/c2*1-6-4-7(2)8(3)5-6;1-3-2;;;/h2*4-5H,1-3H3;1-2H3;2*1H;/q2*-1;;;;+2/p-2. The van der Waals surface area contributed by atoms with Crippen LogP contribution in [0.5, 0.6) is 0 Å². The predicted octanol–water partition coefficient (Wildman–Crippen LogP) is -0.546. The largest absolute Gasteiger partial charge is 1.00 e. The van der Waals surface area contributed by atoms with Gasteiger partial charge in [0.05, 0.1) is 0 Å². The quantitative estimate of drug-likeness (QED) is 0.385. The minimum absolute atomic E-state index is 0. The summed E-state index contributed by atoms with van der Waals surface area (Å²) in [6.07, 6.45) is 0. The van der Waals surface area contributed by atoms with Crippen LogP contribution in [0.3, 0.4) is 0 Å². The van der Waals surface area contributed by atoms with E-state index in [0.717, 1.165) is 0 Å². The third-order valence-electron chi connectivity index (χ3n) is 3.02. The van der Waals surface area contributed by atoms with Gasteiger partial charge in [-0.1, -0.05) is 41.5 Å². The zero-order chi connectivity index (χ0) is 15.9. The molecule has 4 heteroatoms. The van der Waals surface area contributed by atoms with E-state index in [-0.39, 0.29) is 35.8 Å². The van der Waals surface area contributed by atoms with Crippen molar-refractivity contribution in [3.63, 3.8) is 0 Å². The van der Waals surface area contributed by atoms with E-state index < -0.39 is 0 Å².